The zero-order chi connectivity index (χ0) is 53.5. The number of aliphatic hydroxyl groups excluding tert-OH is 3. The molecule has 0 aromatic carbocycles. The van der Waals surface area contributed by atoms with Crippen molar-refractivity contribution in [1.29, 1.82) is 0 Å². The van der Waals surface area contributed by atoms with Crippen molar-refractivity contribution in [2.75, 3.05) is 19.8 Å². The topological polar surface area (TPSA) is 216 Å². The van der Waals surface area contributed by atoms with Crippen LogP contribution in [0.3, 0.4) is 0 Å². The molecule has 78 heavy (non-hydrogen) atoms. The predicted octanol–water partition coefficient (Wildman–Crippen LogP) is 4.44. The highest BCUT2D eigenvalue weighted by Gasteiger charge is 2.66. The van der Waals surface area contributed by atoms with Crippen LogP contribution < -0.4 is 0 Å². The fourth-order valence-electron chi connectivity index (χ4n) is 17.3. The molecule has 0 aromatic heterocycles. The Hall–Kier alpha value is -1.73. The lowest BCUT2D eigenvalue weighted by molar-refractivity contribution is -0.347. The number of ether oxygens (including phenoxy) is 15. The molecular formula is C59H86O19. The van der Waals surface area contributed by atoms with Gasteiger partial charge in [0.2, 0.25) is 0 Å². The lowest BCUT2D eigenvalue weighted by atomic mass is 9.79. The first-order chi connectivity index (χ1) is 37.6. The Morgan fingerprint density at radius 2 is 1.24 bits per heavy atom. The van der Waals surface area contributed by atoms with Gasteiger partial charge in [0, 0.05) is 63.9 Å². The van der Waals surface area contributed by atoms with E-state index in [0.29, 0.717) is 71.0 Å². The van der Waals surface area contributed by atoms with Gasteiger partial charge in [-0.3, -0.25) is 4.79 Å². The molecule has 16 fully saturated rings. The molecule has 16 aliphatic rings. The summed E-state index contributed by atoms with van der Waals surface area (Å²) in [4.78, 5) is 14.5. The molecule has 19 nitrogen and oxygen atoms in total. The number of carbonyl (C=O) groups excluding carboxylic acids is 1. The second-order valence-corrected chi connectivity index (χ2v) is 26.6. The third kappa shape index (κ3) is 9.84. The molecule has 16 aliphatic heterocycles. The summed E-state index contributed by atoms with van der Waals surface area (Å²) >= 11 is 0. The molecule has 0 radical (unpaired) electrons. The monoisotopic (exact) mass is 1100 g/mol. The Morgan fingerprint density at radius 3 is 2.09 bits per heavy atom. The standard InChI is InChI=1S/C59H86O19/c1-26-13-33-7-9-37-27(2)14-35(66-37)11-12-64-53-47-25-65-55-54-38(70-56(53)57(55)73-47)10-8-34(68-54)16-48(63)74-52-31(6)51-43(69-42(52)17-39(67-33)30(26)5)19-41-45(72-51)22-59(75-41)23-46-50(78-59)29(4)21-58(77-46)20-28(3)49-44(76-58)18-40(71-49)36(62)15-32(61)24-60/h26,28-29,31-47,49-57,60-62H,2,5,7-25H2,1,3-4,6H3/t26-,28+,29+,31+,32-,33+,34-,35+,36+,37?,38+,39-,40+,41-,42+,43+,44+,45-,46+,47+,49+,50+,51+,52-,53-,54+,55+,56+,57+,58-,59+/m1/s1. The summed E-state index contributed by atoms with van der Waals surface area (Å²) in [6.07, 6.45) is 0.790. The van der Waals surface area contributed by atoms with E-state index < -0.39 is 48.7 Å². The average molecular weight is 1100 g/mol. The van der Waals surface area contributed by atoms with Gasteiger partial charge in [-0.1, -0.05) is 40.9 Å². The summed E-state index contributed by atoms with van der Waals surface area (Å²) in [5.41, 5.74) is 2.14. The van der Waals surface area contributed by atoms with Crippen LogP contribution in [0.1, 0.15) is 130 Å². The molecule has 11 bridgehead atoms. The zero-order valence-electron chi connectivity index (χ0n) is 46.0. The second kappa shape index (κ2) is 21.1. The van der Waals surface area contributed by atoms with E-state index >= 15 is 0 Å². The summed E-state index contributed by atoms with van der Waals surface area (Å²) in [6, 6.07) is 0. The Bertz CT molecular complexity index is 2240. The highest BCUT2D eigenvalue weighted by molar-refractivity contribution is 5.70. The van der Waals surface area contributed by atoms with E-state index in [9.17, 15) is 20.1 Å². The van der Waals surface area contributed by atoms with Crippen molar-refractivity contribution in [2.24, 2.45) is 23.7 Å². The largest absolute Gasteiger partial charge is 0.459 e. The van der Waals surface area contributed by atoms with Crippen molar-refractivity contribution in [3.8, 4) is 0 Å². The summed E-state index contributed by atoms with van der Waals surface area (Å²) in [5.74, 6) is -1.94. The van der Waals surface area contributed by atoms with Crippen molar-refractivity contribution >= 4 is 5.97 Å². The SMILES string of the molecule is C=C1C[C@@H]2CCO[C@H]3[C@@H]4O[C@H]5CC[C@H](CC(=O)O[C@@H]6[C@@H](C)[C@@H]7O[C@@H]8C[C@]9(C[C@@H]%10O[C@]%11(C[C@H](C)[C@@H]%12O[C@H]([C@@H](O)C[C@@H](O)CO)C[C@@H]%12O%11)C[C@H](C)[C@@H]%10O9)O[C@@H]8C[C@@H]7O[C@H]6C[C@H]6O[C@@H](CCC1O2)C[C@@H](C)C6=C)O[C@@H]5[C@@H]1OC[C@@H]3O[C@@H]14. The van der Waals surface area contributed by atoms with Gasteiger partial charge in [0.05, 0.1) is 130 Å². The third-order valence-corrected chi connectivity index (χ3v) is 21.1. The van der Waals surface area contributed by atoms with E-state index in [0.717, 1.165) is 43.3 Å². The molecule has 0 saturated carbocycles. The Balaban J connectivity index is 0.677. The van der Waals surface area contributed by atoms with Crippen LogP contribution in [0.5, 0.6) is 0 Å². The minimum Gasteiger partial charge on any atom is -0.459 e. The highest BCUT2D eigenvalue weighted by Crippen LogP contribution is 2.56. The Morgan fingerprint density at radius 1 is 0.538 bits per heavy atom. The fraction of sp³-hybridized carbons (Fsp3) is 0.915. The maximum atomic E-state index is 14.5. The molecule has 1 unspecified atom stereocenters. The van der Waals surface area contributed by atoms with Crippen LogP contribution >= 0.6 is 0 Å². The molecule has 0 aliphatic carbocycles. The maximum absolute atomic E-state index is 14.5. The van der Waals surface area contributed by atoms with E-state index in [4.69, 9.17) is 71.1 Å². The van der Waals surface area contributed by atoms with Crippen LogP contribution in [0.25, 0.3) is 0 Å². The minimum absolute atomic E-state index is 0.0182. The van der Waals surface area contributed by atoms with Crippen LogP contribution in [0, 0.1) is 23.7 Å². The molecule has 16 heterocycles. The van der Waals surface area contributed by atoms with Gasteiger partial charge in [0.15, 0.2) is 11.6 Å². The van der Waals surface area contributed by atoms with Crippen LogP contribution in [0.15, 0.2) is 24.3 Å². The number of esters is 1. The smallest absolute Gasteiger partial charge is 0.308 e. The quantitative estimate of drug-likeness (QED) is 0.262. The van der Waals surface area contributed by atoms with Crippen LogP contribution in [-0.4, -0.2) is 205 Å². The van der Waals surface area contributed by atoms with Gasteiger partial charge in [-0.2, -0.15) is 0 Å². The molecule has 16 rings (SSSR count). The average Bonchev–Trinajstić information content (AvgIpc) is 4.39. The summed E-state index contributed by atoms with van der Waals surface area (Å²) in [5, 5.41) is 30.3. The molecule has 31 atom stereocenters. The van der Waals surface area contributed by atoms with Gasteiger partial charge in [-0.15, -0.1) is 0 Å². The first kappa shape index (κ1) is 54.2. The zero-order valence-corrected chi connectivity index (χ0v) is 46.0. The minimum atomic E-state index is -1.02. The molecule has 3 N–H and O–H groups in total. The van der Waals surface area contributed by atoms with Gasteiger partial charge >= 0.3 is 5.97 Å². The second-order valence-electron chi connectivity index (χ2n) is 26.6. The van der Waals surface area contributed by atoms with Crippen molar-refractivity contribution in [2.45, 2.75) is 295 Å². The van der Waals surface area contributed by atoms with Crippen LogP contribution in [-0.2, 0) is 75.8 Å². The molecule has 436 valence electrons. The van der Waals surface area contributed by atoms with Crippen molar-refractivity contribution in [3.05, 3.63) is 24.3 Å². The number of hydrogen-bond donors (Lipinski definition) is 3. The Labute approximate surface area is 458 Å². The molecule has 0 aromatic rings. The maximum Gasteiger partial charge on any atom is 0.308 e. The van der Waals surface area contributed by atoms with Crippen molar-refractivity contribution in [1.82, 2.24) is 0 Å². The van der Waals surface area contributed by atoms with Gasteiger partial charge in [0.1, 0.15) is 42.7 Å². The highest BCUT2D eigenvalue weighted by atomic mass is 16.8. The van der Waals surface area contributed by atoms with E-state index in [-0.39, 0.29) is 165 Å². The van der Waals surface area contributed by atoms with Crippen LogP contribution in [0.4, 0.5) is 0 Å². The van der Waals surface area contributed by atoms with E-state index in [2.05, 4.69) is 40.9 Å². The fourth-order valence-corrected chi connectivity index (χ4v) is 17.3. The summed E-state index contributed by atoms with van der Waals surface area (Å²) < 4.78 is 102. The normalized spacial score (nSPS) is 55.5. The predicted molar refractivity (Wildman–Crippen MR) is 272 cm³/mol. The van der Waals surface area contributed by atoms with E-state index in [1.807, 2.05) is 0 Å². The lowest BCUT2D eigenvalue weighted by Crippen LogP contribution is -2.62. The summed E-state index contributed by atoms with van der Waals surface area (Å²) in [7, 11) is 0. The molecule has 19 heteroatoms. The molecular weight excluding hydrogens is 1010 g/mol. The molecule has 2 spiro atoms. The van der Waals surface area contributed by atoms with Gasteiger partial charge < -0.3 is 86.4 Å². The number of carbonyl (C=O) groups is 1. The lowest BCUT2D eigenvalue weighted by Gasteiger charge is -2.50. The van der Waals surface area contributed by atoms with Crippen molar-refractivity contribution < 1.29 is 91.2 Å². The van der Waals surface area contributed by atoms with Gasteiger partial charge in [-0.05, 0) is 73.8 Å². The Kier molecular flexibility index (Phi) is 14.7. The van der Waals surface area contributed by atoms with Gasteiger partial charge in [-0.25, -0.2) is 0 Å². The number of rotatable bonds is 4. The first-order valence-electron chi connectivity index (χ1n) is 30.3. The number of hydrogen-bond acceptors (Lipinski definition) is 19. The van der Waals surface area contributed by atoms with Crippen molar-refractivity contribution in [3.63, 3.8) is 0 Å². The number of aliphatic hydroxyl groups is 3. The number of fused-ring (bicyclic) bond motifs is 6. The van der Waals surface area contributed by atoms with E-state index in [1.54, 1.807) is 0 Å². The van der Waals surface area contributed by atoms with Crippen LogP contribution in [0.2, 0.25) is 0 Å². The molecule has 0 amide bonds. The van der Waals surface area contributed by atoms with Gasteiger partial charge in [0.25, 0.3) is 0 Å². The summed E-state index contributed by atoms with van der Waals surface area (Å²) in [6.45, 7) is 18.3. The first-order valence-corrected chi connectivity index (χ1v) is 30.3. The third-order valence-electron chi connectivity index (χ3n) is 21.1. The van der Waals surface area contributed by atoms with E-state index in [1.165, 1.54) is 0 Å². The molecule has 16 saturated heterocycles.